The summed E-state index contributed by atoms with van der Waals surface area (Å²) in [7, 11) is 0. The molecule has 20 heavy (non-hydrogen) atoms. The lowest BCUT2D eigenvalue weighted by Gasteiger charge is -2.11. The van der Waals surface area contributed by atoms with Crippen LogP contribution in [0.4, 0.5) is 0 Å². The van der Waals surface area contributed by atoms with Crippen molar-refractivity contribution in [3.8, 4) is 11.3 Å². The summed E-state index contributed by atoms with van der Waals surface area (Å²) in [5, 5.41) is 5.13. The van der Waals surface area contributed by atoms with Crippen LogP contribution in [0.1, 0.15) is 19.4 Å². The molecule has 0 aliphatic carbocycles. The van der Waals surface area contributed by atoms with Gasteiger partial charge in [0, 0.05) is 28.4 Å². The van der Waals surface area contributed by atoms with Crippen molar-refractivity contribution in [1.82, 2.24) is 9.78 Å². The maximum atomic E-state index is 12.2. The average molecular weight is 309 g/mol. The molecule has 3 nitrogen and oxygen atoms in total. The van der Waals surface area contributed by atoms with E-state index in [0.29, 0.717) is 28.8 Å². The van der Waals surface area contributed by atoms with Crippen molar-refractivity contribution in [3.05, 3.63) is 51.3 Å². The molecule has 0 saturated heterocycles. The molecule has 0 aliphatic heterocycles. The second kappa shape index (κ2) is 6.46. The molecule has 1 aromatic carbocycles. The number of hydrogen-bond donors (Lipinski definition) is 1. The second-order valence-corrected chi connectivity index (χ2v) is 5.85. The summed E-state index contributed by atoms with van der Waals surface area (Å²) >= 11 is 10.1. The molecular weight excluding hydrogens is 292 g/mol. The van der Waals surface area contributed by atoms with E-state index in [1.807, 2.05) is 24.3 Å². The molecule has 0 aliphatic rings. The average Bonchev–Trinajstić information content (AvgIpc) is 2.41. The third kappa shape index (κ3) is 3.44. The fourth-order valence-corrected chi connectivity index (χ4v) is 2.29. The molecule has 1 aromatic heterocycles. The number of hydrogen-bond acceptors (Lipinski definition) is 3. The van der Waals surface area contributed by atoms with E-state index in [9.17, 15) is 4.79 Å². The Labute approximate surface area is 129 Å². The Morgan fingerprint density at radius 2 is 1.95 bits per heavy atom. The predicted octanol–water partition coefficient (Wildman–Crippen LogP) is 3.65. The van der Waals surface area contributed by atoms with E-state index in [0.717, 1.165) is 11.3 Å². The molecular formula is C15H17ClN2OS. The van der Waals surface area contributed by atoms with Crippen LogP contribution in [0.3, 0.4) is 0 Å². The third-order valence-corrected chi connectivity index (χ3v) is 3.49. The SMILES string of the molecule is CC(C)Cn1nc(-c2ccc(Cl)cc2)cc(CS)c1=O. The molecule has 0 atom stereocenters. The summed E-state index contributed by atoms with van der Waals surface area (Å²) < 4.78 is 1.53. The number of thiol groups is 1. The lowest BCUT2D eigenvalue weighted by Crippen LogP contribution is -2.28. The Morgan fingerprint density at radius 3 is 2.50 bits per heavy atom. The van der Waals surface area contributed by atoms with Crippen LogP contribution < -0.4 is 5.56 Å². The zero-order valence-corrected chi connectivity index (χ0v) is 13.2. The summed E-state index contributed by atoms with van der Waals surface area (Å²) in [4.78, 5) is 12.2. The first-order valence-electron chi connectivity index (χ1n) is 6.49. The molecule has 0 amide bonds. The second-order valence-electron chi connectivity index (χ2n) is 5.10. The van der Waals surface area contributed by atoms with Crippen LogP contribution in [-0.2, 0) is 12.3 Å². The topological polar surface area (TPSA) is 34.9 Å². The van der Waals surface area contributed by atoms with E-state index in [1.165, 1.54) is 4.68 Å². The van der Waals surface area contributed by atoms with Gasteiger partial charge in [0.2, 0.25) is 0 Å². The fourth-order valence-electron chi connectivity index (χ4n) is 1.94. The Kier molecular flexibility index (Phi) is 4.89. The monoisotopic (exact) mass is 308 g/mol. The van der Waals surface area contributed by atoms with E-state index >= 15 is 0 Å². The molecule has 106 valence electrons. The largest absolute Gasteiger partial charge is 0.270 e. The fraction of sp³-hybridized carbons (Fsp3) is 0.333. The minimum Gasteiger partial charge on any atom is -0.267 e. The highest BCUT2D eigenvalue weighted by Crippen LogP contribution is 2.20. The van der Waals surface area contributed by atoms with E-state index in [-0.39, 0.29) is 5.56 Å². The lowest BCUT2D eigenvalue weighted by molar-refractivity contribution is 0.463. The third-order valence-electron chi connectivity index (χ3n) is 2.90. The van der Waals surface area contributed by atoms with Crippen molar-refractivity contribution >= 4 is 24.2 Å². The molecule has 1 heterocycles. The van der Waals surface area contributed by atoms with Crippen molar-refractivity contribution in [2.75, 3.05) is 0 Å². The van der Waals surface area contributed by atoms with Crippen molar-refractivity contribution in [1.29, 1.82) is 0 Å². The van der Waals surface area contributed by atoms with Crippen molar-refractivity contribution in [2.45, 2.75) is 26.1 Å². The van der Waals surface area contributed by atoms with Gasteiger partial charge in [-0.1, -0.05) is 37.6 Å². The highest BCUT2D eigenvalue weighted by atomic mass is 35.5. The van der Waals surface area contributed by atoms with Gasteiger partial charge in [0.15, 0.2) is 0 Å². The number of nitrogens with zero attached hydrogens (tertiary/aromatic N) is 2. The van der Waals surface area contributed by atoms with Gasteiger partial charge >= 0.3 is 0 Å². The van der Waals surface area contributed by atoms with Crippen molar-refractivity contribution in [2.24, 2.45) is 5.92 Å². The van der Waals surface area contributed by atoms with Crippen LogP contribution in [0, 0.1) is 5.92 Å². The highest BCUT2D eigenvalue weighted by molar-refractivity contribution is 7.79. The van der Waals surface area contributed by atoms with Gasteiger partial charge < -0.3 is 0 Å². The minimum absolute atomic E-state index is 0.0635. The van der Waals surface area contributed by atoms with Crippen LogP contribution in [0.5, 0.6) is 0 Å². The van der Waals surface area contributed by atoms with Gasteiger partial charge in [-0.15, -0.1) is 0 Å². The van der Waals surface area contributed by atoms with E-state index in [4.69, 9.17) is 11.6 Å². The van der Waals surface area contributed by atoms with Gasteiger partial charge in [-0.25, -0.2) is 4.68 Å². The quantitative estimate of drug-likeness (QED) is 0.875. The van der Waals surface area contributed by atoms with Crippen LogP contribution >= 0.6 is 24.2 Å². The van der Waals surface area contributed by atoms with E-state index in [2.05, 4.69) is 31.6 Å². The summed E-state index contributed by atoms with van der Waals surface area (Å²) in [5.41, 5.74) is 2.31. The molecule has 0 N–H and O–H groups in total. The summed E-state index contributed by atoms with van der Waals surface area (Å²) in [6.45, 7) is 4.72. The van der Waals surface area contributed by atoms with Crippen LogP contribution in [0.25, 0.3) is 11.3 Å². The Balaban J connectivity index is 2.53. The molecule has 0 bridgehead atoms. The zero-order chi connectivity index (χ0) is 14.7. The number of halogens is 1. The molecule has 2 aromatic rings. The van der Waals surface area contributed by atoms with Gasteiger partial charge in [0.05, 0.1) is 5.69 Å². The van der Waals surface area contributed by atoms with Gasteiger partial charge in [0.1, 0.15) is 0 Å². The number of aromatic nitrogens is 2. The standard InChI is InChI=1S/C15H17ClN2OS/c1-10(2)8-18-15(19)12(9-20)7-14(17-18)11-3-5-13(16)6-4-11/h3-7,10,20H,8-9H2,1-2H3. The normalized spacial score (nSPS) is 11.1. The minimum atomic E-state index is -0.0635. The molecule has 0 radical (unpaired) electrons. The summed E-state index contributed by atoms with van der Waals surface area (Å²) in [6.07, 6.45) is 0. The van der Waals surface area contributed by atoms with Gasteiger partial charge in [0.25, 0.3) is 5.56 Å². The number of benzene rings is 1. The van der Waals surface area contributed by atoms with Gasteiger partial charge in [-0.05, 0) is 24.1 Å². The van der Waals surface area contributed by atoms with Gasteiger partial charge in [-0.2, -0.15) is 17.7 Å². The molecule has 0 spiro atoms. The Morgan fingerprint density at radius 1 is 1.30 bits per heavy atom. The smallest absolute Gasteiger partial charge is 0.267 e. The lowest BCUT2D eigenvalue weighted by atomic mass is 10.1. The zero-order valence-electron chi connectivity index (χ0n) is 11.5. The Bertz CT molecular complexity index is 650. The molecule has 0 fully saturated rings. The van der Waals surface area contributed by atoms with E-state index in [1.54, 1.807) is 6.07 Å². The van der Waals surface area contributed by atoms with Crippen LogP contribution in [-0.4, -0.2) is 9.78 Å². The van der Waals surface area contributed by atoms with Crippen LogP contribution in [0.15, 0.2) is 35.1 Å². The Hall–Kier alpha value is -1.26. The predicted molar refractivity (Wildman–Crippen MR) is 86.5 cm³/mol. The van der Waals surface area contributed by atoms with Crippen molar-refractivity contribution < 1.29 is 0 Å². The summed E-state index contributed by atoms with van der Waals surface area (Å²) in [6, 6.07) is 9.23. The van der Waals surface area contributed by atoms with Gasteiger partial charge in [-0.3, -0.25) is 4.79 Å². The first kappa shape index (κ1) is 15.1. The summed E-state index contributed by atoms with van der Waals surface area (Å²) in [5.74, 6) is 0.758. The highest BCUT2D eigenvalue weighted by Gasteiger charge is 2.10. The molecule has 0 unspecified atom stereocenters. The molecule has 0 saturated carbocycles. The molecule has 5 heteroatoms. The number of rotatable bonds is 4. The maximum Gasteiger partial charge on any atom is 0.270 e. The maximum absolute atomic E-state index is 12.2. The van der Waals surface area contributed by atoms with Crippen LogP contribution in [0.2, 0.25) is 5.02 Å². The molecule has 2 rings (SSSR count). The first-order chi connectivity index (χ1) is 9.51. The van der Waals surface area contributed by atoms with Crippen molar-refractivity contribution in [3.63, 3.8) is 0 Å². The first-order valence-corrected chi connectivity index (χ1v) is 7.50. The van der Waals surface area contributed by atoms with E-state index < -0.39 is 0 Å².